The van der Waals surface area contributed by atoms with E-state index in [4.69, 9.17) is 9.84 Å². The molecule has 0 saturated heterocycles. The largest absolute Gasteiger partial charge is 0.478 e. The van der Waals surface area contributed by atoms with E-state index >= 15 is 0 Å². The number of ether oxygens (including phenoxy) is 1. The van der Waals surface area contributed by atoms with Crippen molar-refractivity contribution in [2.75, 3.05) is 19.0 Å². The lowest BCUT2D eigenvalue weighted by Crippen LogP contribution is -2.29. The Morgan fingerprint density at radius 2 is 1.84 bits per heavy atom. The van der Waals surface area contributed by atoms with Crippen LogP contribution in [0, 0.1) is 0 Å². The van der Waals surface area contributed by atoms with E-state index in [1.807, 2.05) is 30.3 Å². The number of rotatable bonds is 7. The molecule has 0 bridgehead atoms. The van der Waals surface area contributed by atoms with E-state index in [1.54, 1.807) is 19.2 Å². The number of nitrogens with one attached hydrogen (secondary N) is 1. The molecule has 2 rings (SSSR count). The first-order valence-electron chi connectivity index (χ1n) is 7.59. The highest BCUT2D eigenvalue weighted by Crippen LogP contribution is 2.09. The molecule has 0 radical (unpaired) electrons. The first kappa shape index (κ1) is 18.0. The molecule has 0 aliphatic heterocycles. The normalized spacial score (nSPS) is 10.4. The van der Waals surface area contributed by atoms with Gasteiger partial charge in [0.25, 0.3) is 0 Å². The molecule has 0 heterocycles. The summed E-state index contributed by atoms with van der Waals surface area (Å²) < 4.78 is 5.19. The fourth-order valence-electron chi connectivity index (χ4n) is 1.87. The standard InChI is InChI=1S/C18H19N3O4/c1-21(18(24)25-13-14-5-3-2-4-6-14)12-11-19-20-16-9-7-15(8-10-16)17(22)23/h2-11,20H,12-13H2,1H3,(H,22,23)/b19-11+. The van der Waals surface area contributed by atoms with Crippen molar-refractivity contribution in [1.29, 1.82) is 0 Å². The zero-order chi connectivity index (χ0) is 18.1. The van der Waals surface area contributed by atoms with Gasteiger partial charge in [-0.15, -0.1) is 0 Å². The molecule has 7 heteroatoms. The molecule has 130 valence electrons. The highest BCUT2D eigenvalue weighted by Gasteiger charge is 2.08. The maximum Gasteiger partial charge on any atom is 0.410 e. The van der Waals surface area contributed by atoms with Gasteiger partial charge in [-0.1, -0.05) is 30.3 Å². The Morgan fingerprint density at radius 1 is 1.16 bits per heavy atom. The molecule has 0 spiro atoms. The third-order valence-corrected chi connectivity index (χ3v) is 3.29. The van der Waals surface area contributed by atoms with Gasteiger partial charge in [0.1, 0.15) is 6.61 Å². The summed E-state index contributed by atoms with van der Waals surface area (Å²) in [5, 5.41) is 12.8. The number of anilines is 1. The van der Waals surface area contributed by atoms with E-state index in [0.29, 0.717) is 5.69 Å². The van der Waals surface area contributed by atoms with Gasteiger partial charge in [0.2, 0.25) is 0 Å². The number of carboxylic acid groups (broad SMARTS) is 1. The van der Waals surface area contributed by atoms with Crippen molar-refractivity contribution >= 4 is 24.0 Å². The maximum atomic E-state index is 11.8. The van der Waals surface area contributed by atoms with Crippen LogP contribution in [-0.4, -0.2) is 41.9 Å². The minimum atomic E-state index is -0.981. The topological polar surface area (TPSA) is 91.2 Å². The Balaban J connectivity index is 1.73. The lowest BCUT2D eigenvalue weighted by molar-refractivity contribution is 0.0696. The summed E-state index contributed by atoms with van der Waals surface area (Å²) in [6, 6.07) is 15.6. The molecule has 0 saturated carbocycles. The smallest absolute Gasteiger partial charge is 0.410 e. The molecule has 25 heavy (non-hydrogen) atoms. The van der Waals surface area contributed by atoms with Crippen molar-refractivity contribution in [1.82, 2.24) is 4.90 Å². The fraction of sp³-hybridized carbons (Fsp3) is 0.167. The molecular formula is C18H19N3O4. The molecule has 7 nitrogen and oxygen atoms in total. The van der Waals surface area contributed by atoms with E-state index in [0.717, 1.165) is 5.56 Å². The van der Waals surface area contributed by atoms with Gasteiger partial charge in [0, 0.05) is 13.3 Å². The average Bonchev–Trinajstić information content (AvgIpc) is 2.64. The number of nitrogens with zero attached hydrogens (tertiary/aromatic N) is 2. The summed E-state index contributed by atoms with van der Waals surface area (Å²) in [4.78, 5) is 24.0. The van der Waals surface area contributed by atoms with Crippen molar-refractivity contribution < 1.29 is 19.4 Å². The number of carbonyl (C=O) groups is 2. The van der Waals surface area contributed by atoms with Crippen LogP contribution < -0.4 is 5.43 Å². The summed E-state index contributed by atoms with van der Waals surface area (Å²) in [5.74, 6) is -0.981. The Morgan fingerprint density at radius 3 is 2.48 bits per heavy atom. The van der Waals surface area contributed by atoms with Crippen LogP contribution in [0.4, 0.5) is 10.5 Å². The van der Waals surface area contributed by atoms with Crippen LogP contribution in [0.25, 0.3) is 0 Å². The highest BCUT2D eigenvalue weighted by molar-refractivity contribution is 5.88. The second-order valence-electron chi connectivity index (χ2n) is 5.23. The van der Waals surface area contributed by atoms with Gasteiger partial charge in [-0.3, -0.25) is 5.43 Å². The van der Waals surface area contributed by atoms with Crippen LogP contribution in [0.3, 0.4) is 0 Å². The molecular weight excluding hydrogens is 322 g/mol. The van der Waals surface area contributed by atoms with Gasteiger partial charge in [0.05, 0.1) is 17.8 Å². The number of amides is 1. The third-order valence-electron chi connectivity index (χ3n) is 3.29. The van der Waals surface area contributed by atoms with Crippen molar-refractivity contribution in [3.8, 4) is 0 Å². The van der Waals surface area contributed by atoms with Crippen LogP contribution in [0.15, 0.2) is 59.7 Å². The number of hydrogen-bond acceptors (Lipinski definition) is 5. The molecule has 0 unspecified atom stereocenters. The van der Waals surface area contributed by atoms with Gasteiger partial charge in [0.15, 0.2) is 0 Å². The Labute approximate surface area is 145 Å². The summed E-state index contributed by atoms with van der Waals surface area (Å²) in [7, 11) is 1.61. The lowest BCUT2D eigenvalue weighted by Gasteiger charge is -2.14. The first-order valence-corrected chi connectivity index (χ1v) is 7.59. The molecule has 0 aliphatic carbocycles. The van der Waals surface area contributed by atoms with Crippen LogP contribution in [0.5, 0.6) is 0 Å². The number of hydrogen-bond donors (Lipinski definition) is 2. The van der Waals surface area contributed by atoms with Crippen LogP contribution >= 0.6 is 0 Å². The molecule has 2 N–H and O–H groups in total. The third kappa shape index (κ3) is 5.98. The van der Waals surface area contributed by atoms with Crippen molar-refractivity contribution in [3.05, 3.63) is 65.7 Å². The second-order valence-corrected chi connectivity index (χ2v) is 5.23. The summed E-state index contributed by atoms with van der Waals surface area (Å²) >= 11 is 0. The summed E-state index contributed by atoms with van der Waals surface area (Å²) in [6.07, 6.45) is 1.08. The van der Waals surface area contributed by atoms with E-state index in [9.17, 15) is 9.59 Å². The average molecular weight is 341 g/mol. The first-order chi connectivity index (χ1) is 12.1. The Hall–Kier alpha value is -3.35. The molecule has 2 aromatic carbocycles. The molecule has 0 atom stereocenters. The van der Waals surface area contributed by atoms with Crippen LogP contribution in [0.1, 0.15) is 15.9 Å². The number of carboxylic acids is 1. The van der Waals surface area contributed by atoms with Gasteiger partial charge in [-0.25, -0.2) is 9.59 Å². The molecule has 0 fully saturated rings. The van der Waals surface area contributed by atoms with E-state index in [1.165, 1.54) is 23.2 Å². The predicted molar refractivity (Wildman–Crippen MR) is 94.8 cm³/mol. The molecule has 0 aliphatic rings. The zero-order valence-corrected chi connectivity index (χ0v) is 13.8. The van der Waals surface area contributed by atoms with E-state index in [2.05, 4.69) is 10.5 Å². The lowest BCUT2D eigenvalue weighted by atomic mass is 10.2. The van der Waals surface area contributed by atoms with Crippen molar-refractivity contribution in [2.24, 2.45) is 5.10 Å². The van der Waals surface area contributed by atoms with Gasteiger partial charge < -0.3 is 14.7 Å². The monoisotopic (exact) mass is 341 g/mol. The molecule has 0 aromatic heterocycles. The van der Waals surface area contributed by atoms with Crippen molar-refractivity contribution in [3.63, 3.8) is 0 Å². The minimum Gasteiger partial charge on any atom is -0.478 e. The number of aromatic carboxylic acids is 1. The van der Waals surface area contributed by atoms with Crippen LogP contribution in [-0.2, 0) is 11.3 Å². The second kappa shape index (κ2) is 9.07. The summed E-state index contributed by atoms with van der Waals surface area (Å²) in [6.45, 7) is 0.489. The Bertz CT molecular complexity index is 730. The van der Waals surface area contributed by atoms with E-state index in [-0.39, 0.29) is 18.7 Å². The maximum absolute atomic E-state index is 11.8. The quantitative estimate of drug-likeness (QED) is 0.596. The fourth-order valence-corrected chi connectivity index (χ4v) is 1.87. The summed E-state index contributed by atoms with van der Waals surface area (Å²) in [5.41, 5.74) is 4.53. The Kier molecular flexibility index (Phi) is 6.53. The highest BCUT2D eigenvalue weighted by atomic mass is 16.6. The predicted octanol–water partition coefficient (Wildman–Crippen LogP) is 3.05. The van der Waals surface area contributed by atoms with Crippen molar-refractivity contribution in [2.45, 2.75) is 6.61 Å². The molecule has 2 aromatic rings. The van der Waals surface area contributed by atoms with Gasteiger partial charge in [-0.2, -0.15) is 5.10 Å². The van der Waals surface area contributed by atoms with Gasteiger partial charge in [-0.05, 0) is 29.8 Å². The minimum absolute atomic E-state index is 0.204. The SMILES string of the molecule is CN(C/C=N/Nc1ccc(C(=O)O)cc1)C(=O)OCc1ccccc1. The van der Waals surface area contributed by atoms with Gasteiger partial charge >= 0.3 is 12.1 Å². The number of hydrazone groups is 1. The number of benzene rings is 2. The van der Waals surface area contributed by atoms with E-state index < -0.39 is 12.1 Å². The molecule has 1 amide bonds. The number of carbonyl (C=O) groups excluding carboxylic acids is 1. The van der Waals surface area contributed by atoms with Crippen LogP contribution in [0.2, 0.25) is 0 Å². The zero-order valence-electron chi connectivity index (χ0n) is 13.8.